The first kappa shape index (κ1) is 23.8. The fourth-order valence-corrected chi connectivity index (χ4v) is 3.93. The maximum absolute atomic E-state index is 13.3. The first-order valence-corrected chi connectivity index (χ1v) is 11.0. The average Bonchev–Trinajstić information content (AvgIpc) is 3.37. The Hall–Kier alpha value is -4.33. The van der Waals surface area contributed by atoms with Gasteiger partial charge in [0, 0.05) is 6.42 Å². The van der Waals surface area contributed by atoms with Crippen LogP contribution in [0.25, 0.3) is 0 Å². The van der Waals surface area contributed by atoms with E-state index in [2.05, 4.69) is 5.10 Å². The van der Waals surface area contributed by atoms with Crippen molar-refractivity contribution in [2.45, 2.75) is 12.5 Å². The minimum atomic E-state index is -0.371. The molecule has 0 fully saturated rings. The molecule has 0 saturated carbocycles. The molecule has 180 valence electrons. The number of hydrogen-bond donors (Lipinski definition) is 0. The van der Waals surface area contributed by atoms with Crippen molar-refractivity contribution in [3.63, 3.8) is 0 Å². The summed E-state index contributed by atoms with van der Waals surface area (Å²) < 4.78 is 21.8. The van der Waals surface area contributed by atoms with E-state index in [0.29, 0.717) is 35.5 Å². The number of hydrazone groups is 1. The number of methoxy groups -OCH3 is 3. The number of aldehydes is 1. The predicted molar refractivity (Wildman–Crippen MR) is 131 cm³/mol. The number of amides is 1. The van der Waals surface area contributed by atoms with Gasteiger partial charge in [-0.05, 0) is 59.7 Å². The summed E-state index contributed by atoms with van der Waals surface area (Å²) in [6.07, 6.45) is 1.19. The maximum Gasteiger partial charge on any atom is 0.281 e. The summed E-state index contributed by atoms with van der Waals surface area (Å²) in [4.78, 5) is 24.6. The molecule has 3 aromatic carbocycles. The van der Waals surface area contributed by atoms with Crippen molar-refractivity contribution in [1.82, 2.24) is 5.01 Å². The van der Waals surface area contributed by atoms with Gasteiger partial charge in [0.25, 0.3) is 5.91 Å². The minimum absolute atomic E-state index is 0.270. The Labute approximate surface area is 203 Å². The lowest BCUT2D eigenvalue weighted by Gasteiger charge is -2.23. The van der Waals surface area contributed by atoms with Gasteiger partial charge in [0.2, 0.25) is 0 Å². The topological polar surface area (TPSA) is 86.7 Å². The van der Waals surface area contributed by atoms with Crippen molar-refractivity contribution in [2.75, 3.05) is 27.9 Å². The van der Waals surface area contributed by atoms with Crippen molar-refractivity contribution in [1.29, 1.82) is 0 Å². The summed E-state index contributed by atoms with van der Waals surface area (Å²) in [5, 5.41) is 6.10. The molecule has 1 unspecified atom stereocenters. The summed E-state index contributed by atoms with van der Waals surface area (Å²) in [7, 11) is 4.75. The van der Waals surface area contributed by atoms with Gasteiger partial charge >= 0.3 is 0 Å². The third-order valence-electron chi connectivity index (χ3n) is 5.78. The summed E-state index contributed by atoms with van der Waals surface area (Å²) in [5.74, 6) is 1.90. The molecule has 8 heteroatoms. The smallest absolute Gasteiger partial charge is 0.281 e. The lowest BCUT2D eigenvalue weighted by Crippen LogP contribution is -2.31. The van der Waals surface area contributed by atoms with Crippen LogP contribution in [0, 0.1) is 0 Å². The van der Waals surface area contributed by atoms with Gasteiger partial charge < -0.3 is 18.9 Å². The van der Waals surface area contributed by atoms with Crippen molar-refractivity contribution in [2.24, 2.45) is 5.10 Å². The maximum atomic E-state index is 13.3. The number of benzene rings is 3. The number of nitrogens with zero attached hydrogens (tertiary/aromatic N) is 2. The Balaban J connectivity index is 1.63. The third kappa shape index (κ3) is 5.11. The van der Waals surface area contributed by atoms with Crippen LogP contribution < -0.4 is 18.9 Å². The lowest BCUT2D eigenvalue weighted by molar-refractivity contribution is -0.135. The number of hydrogen-bond acceptors (Lipinski definition) is 7. The van der Waals surface area contributed by atoms with Crippen molar-refractivity contribution in [3.05, 3.63) is 83.4 Å². The molecule has 0 radical (unpaired) electrons. The zero-order valence-electron chi connectivity index (χ0n) is 19.8. The van der Waals surface area contributed by atoms with Gasteiger partial charge in [-0.1, -0.05) is 18.2 Å². The number of ether oxygens (including phenoxy) is 4. The van der Waals surface area contributed by atoms with Crippen LogP contribution >= 0.6 is 0 Å². The van der Waals surface area contributed by atoms with E-state index in [4.69, 9.17) is 18.9 Å². The van der Waals surface area contributed by atoms with Crippen LogP contribution in [-0.4, -0.2) is 50.9 Å². The highest BCUT2D eigenvalue weighted by atomic mass is 16.5. The number of para-hydroxylation sites is 1. The van der Waals surface area contributed by atoms with Crippen LogP contribution in [0.4, 0.5) is 0 Å². The molecule has 3 aromatic rings. The highest BCUT2D eigenvalue weighted by Crippen LogP contribution is 2.37. The quantitative estimate of drug-likeness (QED) is 0.430. The molecule has 35 heavy (non-hydrogen) atoms. The molecule has 0 bridgehead atoms. The van der Waals surface area contributed by atoms with Crippen LogP contribution in [0.2, 0.25) is 0 Å². The Morgan fingerprint density at radius 1 is 0.943 bits per heavy atom. The largest absolute Gasteiger partial charge is 0.497 e. The Kier molecular flexibility index (Phi) is 7.30. The molecule has 8 nitrogen and oxygen atoms in total. The van der Waals surface area contributed by atoms with Crippen molar-refractivity contribution < 1.29 is 28.5 Å². The summed E-state index contributed by atoms with van der Waals surface area (Å²) in [6, 6.07) is 19.5. The second-order valence-corrected chi connectivity index (χ2v) is 7.79. The van der Waals surface area contributed by atoms with Gasteiger partial charge in [-0.3, -0.25) is 9.59 Å². The molecule has 1 atom stereocenters. The molecule has 4 rings (SSSR count). The molecule has 0 spiro atoms. The van der Waals surface area contributed by atoms with E-state index >= 15 is 0 Å². The fraction of sp³-hybridized carbons (Fsp3) is 0.222. The fourth-order valence-electron chi connectivity index (χ4n) is 3.93. The summed E-state index contributed by atoms with van der Waals surface area (Å²) in [6.45, 7) is -0.270. The van der Waals surface area contributed by atoms with Crippen molar-refractivity contribution >= 4 is 17.9 Å². The van der Waals surface area contributed by atoms with Crippen molar-refractivity contribution in [3.8, 4) is 23.0 Å². The Morgan fingerprint density at radius 3 is 2.37 bits per heavy atom. The molecule has 1 aliphatic heterocycles. The molecule has 0 aliphatic carbocycles. The van der Waals surface area contributed by atoms with Crippen LogP contribution in [0.3, 0.4) is 0 Å². The first-order chi connectivity index (χ1) is 17.1. The highest BCUT2D eigenvalue weighted by Gasteiger charge is 2.34. The molecule has 1 amide bonds. The van der Waals surface area contributed by atoms with Crippen LogP contribution in [-0.2, 0) is 4.79 Å². The normalized spacial score (nSPS) is 14.8. The van der Waals surface area contributed by atoms with Gasteiger partial charge in [0.15, 0.2) is 24.4 Å². The highest BCUT2D eigenvalue weighted by molar-refractivity contribution is 6.03. The van der Waals surface area contributed by atoms with E-state index < -0.39 is 0 Å². The van der Waals surface area contributed by atoms with Gasteiger partial charge in [0.1, 0.15) is 11.5 Å². The van der Waals surface area contributed by atoms with Gasteiger partial charge in [-0.15, -0.1) is 0 Å². The molecule has 0 aromatic heterocycles. The van der Waals surface area contributed by atoms with E-state index in [0.717, 1.165) is 22.6 Å². The zero-order chi connectivity index (χ0) is 24.8. The molecular weight excluding hydrogens is 448 g/mol. The van der Waals surface area contributed by atoms with E-state index in [1.807, 2.05) is 36.4 Å². The SMILES string of the molecule is COc1ccc(C2=NN(C(=O)COc3ccccc3C=O)C(c3ccc(OC)c(OC)c3)C2)cc1. The minimum Gasteiger partial charge on any atom is -0.497 e. The van der Waals surface area contributed by atoms with E-state index in [-0.39, 0.29) is 18.6 Å². The first-order valence-electron chi connectivity index (χ1n) is 11.0. The second kappa shape index (κ2) is 10.7. The summed E-state index contributed by atoms with van der Waals surface area (Å²) in [5.41, 5.74) is 2.87. The zero-order valence-corrected chi connectivity index (χ0v) is 19.8. The second-order valence-electron chi connectivity index (χ2n) is 7.79. The Bertz CT molecular complexity index is 1240. The van der Waals surface area contributed by atoms with Gasteiger partial charge in [-0.2, -0.15) is 5.10 Å². The van der Waals surface area contributed by atoms with Crippen LogP contribution in [0.15, 0.2) is 71.8 Å². The molecule has 1 heterocycles. The molecule has 0 saturated heterocycles. The number of rotatable bonds is 9. The third-order valence-corrected chi connectivity index (χ3v) is 5.78. The molecule has 0 N–H and O–H groups in total. The lowest BCUT2D eigenvalue weighted by atomic mass is 9.98. The summed E-state index contributed by atoms with van der Waals surface area (Å²) >= 11 is 0. The monoisotopic (exact) mass is 474 g/mol. The van der Waals surface area contributed by atoms with Crippen LogP contribution in [0.1, 0.15) is 33.9 Å². The van der Waals surface area contributed by atoms with E-state index in [1.165, 1.54) is 5.01 Å². The van der Waals surface area contributed by atoms with Gasteiger partial charge in [0.05, 0.1) is 38.6 Å². The predicted octanol–water partition coefficient (Wildman–Crippen LogP) is 4.28. The van der Waals surface area contributed by atoms with E-state index in [9.17, 15) is 9.59 Å². The van der Waals surface area contributed by atoms with Gasteiger partial charge in [-0.25, -0.2) is 5.01 Å². The molecular formula is C27H26N2O6. The molecule has 1 aliphatic rings. The van der Waals surface area contributed by atoms with E-state index in [1.54, 1.807) is 51.7 Å². The van der Waals surface area contributed by atoms with Crippen LogP contribution in [0.5, 0.6) is 23.0 Å². The standard InChI is InChI=1S/C27H26N2O6/c1-32-21-11-8-18(9-12-21)22-15-23(19-10-13-25(33-2)26(14-19)34-3)29(28-22)27(31)17-35-24-7-5-4-6-20(24)16-30/h4-14,16,23H,15,17H2,1-3H3. The Morgan fingerprint density at radius 2 is 1.69 bits per heavy atom. The average molecular weight is 475 g/mol. The number of carbonyl (C=O) groups excluding carboxylic acids is 2. The number of carbonyl (C=O) groups is 2.